The molecule has 4 atom stereocenters. The number of fused-ring (bicyclic) bond motifs is 1. The molecule has 2 rings (SSSR count). The largest absolute Gasteiger partial charge is 0.120 e. The first-order valence-corrected chi connectivity index (χ1v) is 6.09. The average Bonchev–Trinajstić information content (AvgIpc) is 2.71. The third kappa shape index (κ3) is 1.29. The van der Waals surface area contributed by atoms with Gasteiger partial charge in [-0.2, -0.15) is 0 Å². The molecule has 2 aliphatic carbocycles. The molecule has 0 spiro atoms. The third-order valence-electron chi connectivity index (χ3n) is 4.74. The molecule has 0 aromatic heterocycles. The van der Waals surface area contributed by atoms with Crippen LogP contribution in [0.15, 0.2) is 0 Å². The van der Waals surface area contributed by atoms with Gasteiger partial charge in [0, 0.05) is 5.92 Å². The zero-order valence-electron chi connectivity index (χ0n) is 9.72. The van der Waals surface area contributed by atoms with Gasteiger partial charge in [-0.05, 0) is 42.4 Å². The molecule has 4 unspecified atom stereocenters. The van der Waals surface area contributed by atoms with Crippen LogP contribution in [0.25, 0.3) is 0 Å². The summed E-state index contributed by atoms with van der Waals surface area (Å²) in [5, 5.41) is 0. The zero-order valence-corrected chi connectivity index (χ0v) is 9.72. The maximum Gasteiger partial charge on any atom is 0.0231 e. The lowest BCUT2D eigenvalue weighted by Crippen LogP contribution is -2.21. The van der Waals surface area contributed by atoms with Gasteiger partial charge in [0.05, 0.1) is 0 Å². The van der Waals surface area contributed by atoms with Gasteiger partial charge in [0.25, 0.3) is 0 Å². The minimum Gasteiger partial charge on any atom is -0.120 e. The van der Waals surface area contributed by atoms with E-state index in [0.717, 1.165) is 17.8 Å². The van der Waals surface area contributed by atoms with Crippen LogP contribution in [0.3, 0.4) is 0 Å². The molecule has 0 radical (unpaired) electrons. The van der Waals surface area contributed by atoms with Crippen LogP contribution < -0.4 is 0 Å². The summed E-state index contributed by atoms with van der Waals surface area (Å²) in [7, 11) is 0. The number of hydrogen-bond donors (Lipinski definition) is 0. The van der Waals surface area contributed by atoms with Gasteiger partial charge in [-0.15, -0.1) is 12.3 Å². The molecule has 2 aliphatic rings. The molecule has 0 amide bonds. The van der Waals surface area contributed by atoms with Crippen molar-refractivity contribution in [3.63, 3.8) is 0 Å². The summed E-state index contributed by atoms with van der Waals surface area (Å²) in [5.41, 5.74) is 0.603. The standard InChI is InChI=1S/C14H22/c1-5-7-11-10(6-2)8-9-12-13(11)14(12,3)4/h2,10-13H,5,7-9H2,1,3-4H3. The molecule has 2 saturated carbocycles. The summed E-state index contributed by atoms with van der Waals surface area (Å²) in [6.45, 7) is 7.15. The first-order chi connectivity index (χ1) is 6.62. The van der Waals surface area contributed by atoms with Crippen molar-refractivity contribution in [3.05, 3.63) is 0 Å². The fraction of sp³-hybridized carbons (Fsp3) is 0.857. The molecular weight excluding hydrogens is 168 g/mol. The highest BCUT2D eigenvalue weighted by Gasteiger charge is 2.62. The highest BCUT2D eigenvalue weighted by atomic mass is 14.7. The molecular formula is C14H22. The molecule has 0 heterocycles. The predicted molar refractivity (Wildman–Crippen MR) is 60.7 cm³/mol. The van der Waals surface area contributed by atoms with Crippen molar-refractivity contribution in [2.75, 3.05) is 0 Å². The van der Waals surface area contributed by atoms with Crippen LogP contribution in [0, 0.1) is 41.4 Å². The second kappa shape index (κ2) is 3.30. The van der Waals surface area contributed by atoms with Crippen molar-refractivity contribution in [1.82, 2.24) is 0 Å². The van der Waals surface area contributed by atoms with E-state index in [-0.39, 0.29) is 0 Å². The average molecular weight is 190 g/mol. The van der Waals surface area contributed by atoms with Crippen molar-refractivity contribution in [2.24, 2.45) is 29.1 Å². The fourth-order valence-corrected chi connectivity index (χ4v) is 3.93. The van der Waals surface area contributed by atoms with Crippen LogP contribution in [0.5, 0.6) is 0 Å². The number of rotatable bonds is 2. The van der Waals surface area contributed by atoms with Gasteiger partial charge in [0.2, 0.25) is 0 Å². The van der Waals surface area contributed by atoms with Crippen LogP contribution in [-0.2, 0) is 0 Å². The molecule has 0 bridgehead atoms. The van der Waals surface area contributed by atoms with Gasteiger partial charge in [-0.1, -0.05) is 27.2 Å². The van der Waals surface area contributed by atoms with Crippen LogP contribution >= 0.6 is 0 Å². The molecule has 0 aliphatic heterocycles. The molecule has 0 N–H and O–H groups in total. The lowest BCUT2D eigenvalue weighted by molar-refractivity contribution is 0.249. The molecule has 78 valence electrons. The van der Waals surface area contributed by atoms with Crippen LogP contribution in [-0.4, -0.2) is 0 Å². The minimum atomic E-state index is 0.581. The Morgan fingerprint density at radius 3 is 2.64 bits per heavy atom. The summed E-state index contributed by atoms with van der Waals surface area (Å²) in [6, 6.07) is 0. The van der Waals surface area contributed by atoms with E-state index >= 15 is 0 Å². The summed E-state index contributed by atoms with van der Waals surface area (Å²) < 4.78 is 0. The maximum absolute atomic E-state index is 5.64. The molecule has 14 heavy (non-hydrogen) atoms. The molecule has 0 aromatic carbocycles. The Hall–Kier alpha value is -0.440. The predicted octanol–water partition coefficient (Wildman–Crippen LogP) is 3.72. The third-order valence-corrected chi connectivity index (χ3v) is 4.74. The van der Waals surface area contributed by atoms with Crippen molar-refractivity contribution in [2.45, 2.75) is 46.5 Å². The van der Waals surface area contributed by atoms with Gasteiger partial charge < -0.3 is 0 Å². The van der Waals surface area contributed by atoms with Crippen molar-refractivity contribution < 1.29 is 0 Å². The number of hydrogen-bond acceptors (Lipinski definition) is 0. The molecule has 2 fully saturated rings. The number of terminal acetylenes is 1. The second-order valence-corrected chi connectivity index (χ2v) is 5.76. The smallest absolute Gasteiger partial charge is 0.0231 e. The van der Waals surface area contributed by atoms with E-state index in [9.17, 15) is 0 Å². The fourth-order valence-electron chi connectivity index (χ4n) is 3.93. The Kier molecular flexibility index (Phi) is 2.38. The Balaban J connectivity index is 2.12. The van der Waals surface area contributed by atoms with Crippen molar-refractivity contribution in [1.29, 1.82) is 0 Å². The van der Waals surface area contributed by atoms with Crippen molar-refractivity contribution in [3.8, 4) is 12.3 Å². The quantitative estimate of drug-likeness (QED) is 0.582. The molecule has 0 aromatic rings. The van der Waals surface area contributed by atoms with E-state index in [1.807, 2.05) is 0 Å². The normalized spacial score (nSPS) is 43.9. The first-order valence-electron chi connectivity index (χ1n) is 6.09. The van der Waals surface area contributed by atoms with E-state index in [4.69, 9.17) is 6.42 Å². The Morgan fingerprint density at radius 1 is 1.36 bits per heavy atom. The SMILES string of the molecule is C#CC1CCC2C(C1CCC)C2(C)C. The van der Waals surface area contributed by atoms with Gasteiger partial charge in [0.15, 0.2) is 0 Å². The summed E-state index contributed by atoms with van der Waals surface area (Å²) in [4.78, 5) is 0. The highest BCUT2D eigenvalue weighted by Crippen LogP contribution is 2.68. The van der Waals surface area contributed by atoms with Crippen LogP contribution in [0.4, 0.5) is 0 Å². The van der Waals surface area contributed by atoms with Gasteiger partial charge in [0.1, 0.15) is 0 Å². The van der Waals surface area contributed by atoms with Gasteiger partial charge in [-0.3, -0.25) is 0 Å². The van der Waals surface area contributed by atoms with E-state index in [2.05, 4.69) is 26.7 Å². The lowest BCUT2D eigenvalue weighted by atomic mass is 9.77. The molecule has 0 heteroatoms. The van der Waals surface area contributed by atoms with Gasteiger partial charge in [-0.25, -0.2) is 0 Å². The molecule has 0 saturated heterocycles. The molecule has 0 nitrogen and oxygen atoms in total. The Morgan fingerprint density at radius 2 is 2.07 bits per heavy atom. The first kappa shape index (κ1) is 10.1. The summed E-state index contributed by atoms with van der Waals surface area (Å²) in [6.07, 6.45) is 10.9. The van der Waals surface area contributed by atoms with E-state index in [0.29, 0.717) is 11.3 Å². The highest BCUT2D eigenvalue weighted by molar-refractivity contribution is 5.15. The zero-order chi connectivity index (χ0) is 10.3. The van der Waals surface area contributed by atoms with Gasteiger partial charge >= 0.3 is 0 Å². The monoisotopic (exact) mass is 190 g/mol. The Labute approximate surface area is 88.5 Å². The van der Waals surface area contributed by atoms with Crippen LogP contribution in [0.2, 0.25) is 0 Å². The van der Waals surface area contributed by atoms with E-state index in [1.165, 1.54) is 25.7 Å². The topological polar surface area (TPSA) is 0 Å². The van der Waals surface area contributed by atoms with Crippen LogP contribution in [0.1, 0.15) is 46.5 Å². The summed E-state index contributed by atoms with van der Waals surface area (Å²) in [5.74, 6) is 6.38. The minimum absolute atomic E-state index is 0.581. The van der Waals surface area contributed by atoms with E-state index < -0.39 is 0 Å². The summed E-state index contributed by atoms with van der Waals surface area (Å²) >= 11 is 0. The second-order valence-electron chi connectivity index (χ2n) is 5.76. The lowest BCUT2D eigenvalue weighted by Gasteiger charge is -2.27. The maximum atomic E-state index is 5.64. The van der Waals surface area contributed by atoms with E-state index in [1.54, 1.807) is 0 Å². The Bertz CT molecular complexity index is 256. The van der Waals surface area contributed by atoms with Crippen molar-refractivity contribution >= 4 is 0 Å².